The molecular formula is C8H10N2O2. The monoisotopic (exact) mass is 166 g/mol. The predicted molar refractivity (Wildman–Crippen MR) is 42.3 cm³/mol. The van der Waals surface area contributed by atoms with E-state index in [4.69, 9.17) is 0 Å². The lowest BCUT2D eigenvalue weighted by Crippen LogP contribution is -2.62. The highest BCUT2D eigenvalue weighted by atomic mass is 16.2. The molecule has 4 nitrogen and oxygen atoms in total. The standard InChI is InChI=1S/C8H10N2O2/c1-3-4(2)6-5(3)7(11)10-8(12)9-6/h5-6H,1-2H3,(H2,9,10,11,12). The van der Waals surface area contributed by atoms with Crippen molar-refractivity contribution >= 4 is 11.9 Å². The van der Waals surface area contributed by atoms with Crippen molar-refractivity contribution in [3.05, 3.63) is 11.1 Å². The van der Waals surface area contributed by atoms with Crippen molar-refractivity contribution in [3.8, 4) is 0 Å². The summed E-state index contributed by atoms with van der Waals surface area (Å²) in [6.45, 7) is 3.86. The molecule has 0 aromatic carbocycles. The van der Waals surface area contributed by atoms with Gasteiger partial charge in [-0.25, -0.2) is 4.79 Å². The molecule has 2 atom stereocenters. The van der Waals surface area contributed by atoms with Crippen LogP contribution in [-0.2, 0) is 4.79 Å². The molecule has 64 valence electrons. The van der Waals surface area contributed by atoms with Crippen LogP contribution in [0.5, 0.6) is 0 Å². The maximum atomic E-state index is 11.2. The molecule has 2 N–H and O–H groups in total. The number of urea groups is 1. The van der Waals surface area contributed by atoms with Crippen LogP contribution in [0.25, 0.3) is 0 Å². The fourth-order valence-corrected chi connectivity index (χ4v) is 1.80. The minimum atomic E-state index is -0.381. The molecule has 1 saturated heterocycles. The van der Waals surface area contributed by atoms with Crippen LogP contribution >= 0.6 is 0 Å². The second-order valence-electron chi connectivity index (χ2n) is 3.28. The smallest absolute Gasteiger partial charge is 0.321 e. The summed E-state index contributed by atoms with van der Waals surface area (Å²) in [5.74, 6) is -0.297. The number of rotatable bonds is 0. The molecule has 2 unspecified atom stereocenters. The number of amides is 3. The van der Waals surface area contributed by atoms with Gasteiger partial charge >= 0.3 is 6.03 Å². The Bertz CT molecular complexity index is 306. The first kappa shape index (κ1) is 7.34. The third-order valence-electron chi connectivity index (χ3n) is 2.69. The van der Waals surface area contributed by atoms with Gasteiger partial charge in [-0.15, -0.1) is 0 Å². The molecule has 1 fully saturated rings. The van der Waals surface area contributed by atoms with E-state index in [-0.39, 0.29) is 23.9 Å². The molecule has 3 amide bonds. The molecule has 0 aromatic rings. The van der Waals surface area contributed by atoms with Crippen molar-refractivity contribution in [3.63, 3.8) is 0 Å². The normalized spacial score (nSPS) is 33.5. The second kappa shape index (κ2) is 2.09. The Morgan fingerprint density at radius 1 is 1.17 bits per heavy atom. The SMILES string of the molecule is CC1=C(C)C2C(=O)NC(=O)NC12. The first-order chi connectivity index (χ1) is 5.61. The largest absolute Gasteiger partial charge is 0.330 e. The minimum absolute atomic E-state index is 0.0498. The highest BCUT2D eigenvalue weighted by Gasteiger charge is 2.44. The van der Waals surface area contributed by atoms with Crippen LogP contribution in [-0.4, -0.2) is 18.0 Å². The maximum Gasteiger partial charge on any atom is 0.321 e. The van der Waals surface area contributed by atoms with Gasteiger partial charge in [-0.1, -0.05) is 11.1 Å². The topological polar surface area (TPSA) is 58.2 Å². The van der Waals surface area contributed by atoms with Crippen molar-refractivity contribution < 1.29 is 9.59 Å². The molecule has 0 saturated carbocycles. The molecule has 4 heteroatoms. The summed E-state index contributed by atoms with van der Waals surface area (Å²) in [5, 5.41) is 4.94. The summed E-state index contributed by atoms with van der Waals surface area (Å²) >= 11 is 0. The van der Waals surface area contributed by atoms with E-state index >= 15 is 0 Å². The lowest BCUT2D eigenvalue weighted by molar-refractivity contribution is -0.124. The zero-order valence-electron chi connectivity index (χ0n) is 6.97. The summed E-state index contributed by atoms with van der Waals surface area (Å²) in [6, 6.07) is -0.431. The first-order valence-electron chi connectivity index (χ1n) is 3.90. The van der Waals surface area contributed by atoms with E-state index in [0.29, 0.717) is 0 Å². The molecule has 12 heavy (non-hydrogen) atoms. The highest BCUT2D eigenvalue weighted by molar-refractivity contribution is 6.01. The lowest BCUT2D eigenvalue weighted by atomic mass is 9.73. The van der Waals surface area contributed by atoms with Crippen molar-refractivity contribution in [2.45, 2.75) is 19.9 Å². The molecule has 0 spiro atoms. The molecule has 0 aromatic heterocycles. The van der Waals surface area contributed by atoms with Crippen molar-refractivity contribution in [1.82, 2.24) is 10.6 Å². The van der Waals surface area contributed by atoms with Crippen LogP contribution < -0.4 is 10.6 Å². The fraction of sp³-hybridized carbons (Fsp3) is 0.500. The Morgan fingerprint density at radius 2 is 1.83 bits per heavy atom. The summed E-state index contributed by atoms with van der Waals surface area (Å²) in [7, 11) is 0. The number of hydrogen-bond acceptors (Lipinski definition) is 2. The number of imide groups is 1. The lowest BCUT2D eigenvalue weighted by Gasteiger charge is -2.41. The summed E-state index contributed by atoms with van der Waals surface area (Å²) in [6.07, 6.45) is 0. The molecule has 0 radical (unpaired) electrons. The number of carbonyl (C=O) groups excluding carboxylic acids is 2. The van der Waals surface area contributed by atoms with Crippen LogP contribution in [0.4, 0.5) is 4.79 Å². The number of nitrogens with one attached hydrogen (secondary N) is 2. The van der Waals surface area contributed by atoms with Gasteiger partial charge in [0.15, 0.2) is 0 Å². The molecule has 1 heterocycles. The number of fused-ring (bicyclic) bond motifs is 1. The van der Waals surface area contributed by atoms with Crippen LogP contribution in [0.15, 0.2) is 11.1 Å². The van der Waals surface area contributed by atoms with Gasteiger partial charge in [0.1, 0.15) is 0 Å². The first-order valence-corrected chi connectivity index (χ1v) is 3.90. The molecular weight excluding hydrogens is 156 g/mol. The van der Waals surface area contributed by atoms with Gasteiger partial charge in [0.05, 0.1) is 12.0 Å². The molecule has 2 rings (SSSR count). The van der Waals surface area contributed by atoms with E-state index < -0.39 is 0 Å². The Hall–Kier alpha value is -1.32. The third kappa shape index (κ3) is 0.719. The van der Waals surface area contributed by atoms with Crippen LogP contribution in [0.2, 0.25) is 0 Å². The molecule has 1 aliphatic carbocycles. The summed E-state index contributed by atoms with van der Waals surface area (Å²) in [5.41, 5.74) is 2.20. The average Bonchev–Trinajstić information content (AvgIpc) is 2.02. The van der Waals surface area contributed by atoms with E-state index in [9.17, 15) is 9.59 Å². The summed E-state index contributed by atoms with van der Waals surface area (Å²) < 4.78 is 0. The van der Waals surface area contributed by atoms with E-state index in [1.165, 1.54) is 0 Å². The predicted octanol–water partition coefficient (Wildman–Crippen LogP) is 0.161. The minimum Gasteiger partial charge on any atom is -0.330 e. The Morgan fingerprint density at radius 3 is 2.50 bits per heavy atom. The van der Waals surface area contributed by atoms with E-state index in [0.717, 1.165) is 11.1 Å². The molecule has 1 aliphatic heterocycles. The number of hydrogen-bond donors (Lipinski definition) is 2. The Balaban J connectivity index is 2.31. The zero-order valence-corrected chi connectivity index (χ0v) is 6.97. The van der Waals surface area contributed by atoms with Gasteiger partial charge < -0.3 is 5.32 Å². The Kier molecular flexibility index (Phi) is 1.28. The van der Waals surface area contributed by atoms with E-state index in [1.54, 1.807) is 0 Å². The van der Waals surface area contributed by atoms with E-state index in [1.807, 2.05) is 13.8 Å². The summed E-state index contributed by atoms with van der Waals surface area (Å²) in [4.78, 5) is 22.1. The fourth-order valence-electron chi connectivity index (χ4n) is 1.80. The second-order valence-corrected chi connectivity index (χ2v) is 3.28. The average molecular weight is 166 g/mol. The van der Waals surface area contributed by atoms with Gasteiger partial charge in [0.25, 0.3) is 0 Å². The number of carbonyl (C=O) groups is 2. The zero-order chi connectivity index (χ0) is 8.88. The third-order valence-corrected chi connectivity index (χ3v) is 2.69. The van der Waals surface area contributed by atoms with Crippen molar-refractivity contribution in [2.75, 3.05) is 0 Å². The van der Waals surface area contributed by atoms with Crippen LogP contribution in [0.1, 0.15) is 13.8 Å². The Labute approximate surface area is 70.0 Å². The van der Waals surface area contributed by atoms with Crippen molar-refractivity contribution in [2.24, 2.45) is 5.92 Å². The quantitative estimate of drug-likeness (QED) is 0.504. The van der Waals surface area contributed by atoms with E-state index in [2.05, 4.69) is 10.6 Å². The molecule has 0 bridgehead atoms. The van der Waals surface area contributed by atoms with Crippen LogP contribution in [0.3, 0.4) is 0 Å². The van der Waals surface area contributed by atoms with Gasteiger partial charge in [0, 0.05) is 0 Å². The highest BCUT2D eigenvalue weighted by Crippen LogP contribution is 2.35. The van der Waals surface area contributed by atoms with Gasteiger partial charge in [-0.2, -0.15) is 0 Å². The molecule has 2 aliphatic rings. The van der Waals surface area contributed by atoms with Gasteiger partial charge in [-0.3, -0.25) is 10.1 Å². The van der Waals surface area contributed by atoms with Gasteiger partial charge in [0.2, 0.25) is 5.91 Å². The van der Waals surface area contributed by atoms with Crippen molar-refractivity contribution in [1.29, 1.82) is 0 Å². The van der Waals surface area contributed by atoms with Crippen LogP contribution in [0, 0.1) is 5.92 Å². The van der Waals surface area contributed by atoms with Gasteiger partial charge in [-0.05, 0) is 13.8 Å². The maximum absolute atomic E-state index is 11.2.